The van der Waals surface area contributed by atoms with E-state index in [1.807, 2.05) is 12.3 Å². The van der Waals surface area contributed by atoms with Crippen LogP contribution in [0.3, 0.4) is 0 Å². The summed E-state index contributed by atoms with van der Waals surface area (Å²) in [7, 11) is -3.53. The minimum atomic E-state index is -3.53. The molecular weight excluding hydrogens is 383 g/mol. The standard InChI is InChI=1S/C17H14ClFN2O2S2/c18-16-3-4-17(24-16)25(22,23)21-7-5-11(6-8-21)14-10-20-15-2-1-12(19)9-13(14)15/h1-5,9-10,20H,6-8H2. The van der Waals surface area contributed by atoms with Crippen LogP contribution in [0.1, 0.15) is 12.0 Å². The Morgan fingerprint density at radius 1 is 1.24 bits per heavy atom. The largest absolute Gasteiger partial charge is 0.361 e. The Balaban J connectivity index is 1.63. The molecule has 0 radical (unpaired) electrons. The van der Waals surface area contributed by atoms with Gasteiger partial charge in [0.1, 0.15) is 10.0 Å². The maximum atomic E-state index is 13.5. The summed E-state index contributed by atoms with van der Waals surface area (Å²) >= 11 is 6.91. The van der Waals surface area contributed by atoms with Crippen LogP contribution in [-0.2, 0) is 10.0 Å². The van der Waals surface area contributed by atoms with Crippen molar-refractivity contribution in [2.45, 2.75) is 10.6 Å². The maximum absolute atomic E-state index is 13.5. The third-order valence-corrected chi connectivity index (χ3v) is 7.87. The first-order chi connectivity index (χ1) is 11.9. The van der Waals surface area contributed by atoms with Crippen LogP contribution in [-0.4, -0.2) is 30.8 Å². The lowest BCUT2D eigenvalue weighted by Gasteiger charge is -2.25. The molecule has 25 heavy (non-hydrogen) atoms. The number of hydrogen-bond acceptors (Lipinski definition) is 3. The molecule has 1 aliphatic heterocycles. The van der Waals surface area contributed by atoms with Crippen molar-refractivity contribution in [1.82, 2.24) is 9.29 Å². The first-order valence-corrected chi connectivity index (χ1v) is 10.3. The van der Waals surface area contributed by atoms with Gasteiger partial charge in [-0.3, -0.25) is 0 Å². The molecule has 1 aromatic carbocycles. The molecule has 130 valence electrons. The predicted octanol–water partition coefficient (Wildman–Crippen LogP) is 4.50. The fourth-order valence-corrected chi connectivity index (χ4v) is 6.05. The maximum Gasteiger partial charge on any atom is 0.252 e. The van der Waals surface area contributed by atoms with Crippen LogP contribution in [0.2, 0.25) is 4.34 Å². The smallest absolute Gasteiger partial charge is 0.252 e. The summed E-state index contributed by atoms with van der Waals surface area (Å²) in [6.07, 6.45) is 4.31. The normalized spacial score (nSPS) is 16.3. The summed E-state index contributed by atoms with van der Waals surface area (Å²) in [5.74, 6) is -0.288. The minimum Gasteiger partial charge on any atom is -0.361 e. The van der Waals surface area contributed by atoms with E-state index in [1.54, 1.807) is 12.1 Å². The fourth-order valence-electron chi connectivity index (χ4n) is 3.04. The highest BCUT2D eigenvalue weighted by molar-refractivity contribution is 7.91. The van der Waals surface area contributed by atoms with Crippen LogP contribution in [0, 0.1) is 5.82 Å². The molecule has 0 bridgehead atoms. The monoisotopic (exact) mass is 396 g/mol. The van der Waals surface area contributed by atoms with Crippen LogP contribution in [0.15, 0.2) is 46.8 Å². The van der Waals surface area contributed by atoms with Crippen molar-refractivity contribution in [2.24, 2.45) is 0 Å². The number of rotatable bonds is 3. The first kappa shape index (κ1) is 16.8. The number of fused-ring (bicyclic) bond motifs is 1. The SMILES string of the molecule is O=S(=O)(c1ccc(Cl)s1)N1CC=C(c2c[nH]c3ccc(F)cc23)CC1. The van der Waals surface area contributed by atoms with Crippen LogP contribution >= 0.6 is 22.9 Å². The summed E-state index contributed by atoms with van der Waals surface area (Å²) in [5.41, 5.74) is 2.80. The van der Waals surface area contributed by atoms with Crippen molar-refractivity contribution in [1.29, 1.82) is 0 Å². The number of halogens is 2. The lowest BCUT2D eigenvalue weighted by molar-refractivity contribution is 0.443. The zero-order chi connectivity index (χ0) is 17.6. The summed E-state index contributed by atoms with van der Waals surface area (Å²) in [4.78, 5) is 3.13. The van der Waals surface area contributed by atoms with E-state index in [9.17, 15) is 12.8 Å². The van der Waals surface area contributed by atoms with Gasteiger partial charge < -0.3 is 4.98 Å². The van der Waals surface area contributed by atoms with E-state index in [0.717, 1.165) is 33.4 Å². The lowest BCUT2D eigenvalue weighted by Crippen LogP contribution is -2.34. The molecule has 0 saturated heterocycles. The Morgan fingerprint density at radius 3 is 2.76 bits per heavy atom. The van der Waals surface area contributed by atoms with Crippen molar-refractivity contribution < 1.29 is 12.8 Å². The molecule has 0 fully saturated rings. The fraction of sp³-hybridized carbons (Fsp3) is 0.176. The van der Waals surface area contributed by atoms with Gasteiger partial charge in [0.05, 0.1) is 4.34 Å². The second kappa shape index (κ2) is 6.25. The molecule has 0 spiro atoms. The van der Waals surface area contributed by atoms with Crippen LogP contribution < -0.4 is 0 Å². The number of aromatic nitrogens is 1. The van der Waals surface area contributed by atoms with Gasteiger partial charge in [-0.05, 0) is 42.3 Å². The van der Waals surface area contributed by atoms with E-state index >= 15 is 0 Å². The van der Waals surface area contributed by atoms with Gasteiger partial charge in [0.15, 0.2) is 0 Å². The Labute approximate surface area is 153 Å². The Hall–Kier alpha value is -1.67. The van der Waals surface area contributed by atoms with E-state index in [1.165, 1.54) is 22.5 Å². The molecule has 2 aromatic heterocycles. The average Bonchev–Trinajstić information content (AvgIpc) is 3.21. The van der Waals surface area contributed by atoms with Gasteiger partial charge in [-0.2, -0.15) is 4.31 Å². The van der Waals surface area contributed by atoms with E-state index in [-0.39, 0.29) is 16.6 Å². The molecule has 1 N–H and O–H groups in total. The number of thiophene rings is 1. The Bertz CT molecular complexity index is 1090. The van der Waals surface area contributed by atoms with Crippen molar-refractivity contribution >= 4 is 49.4 Å². The molecular formula is C17H14ClFN2O2S2. The van der Waals surface area contributed by atoms with Gasteiger partial charge in [0, 0.05) is 35.8 Å². The summed E-state index contributed by atoms with van der Waals surface area (Å²) in [6, 6.07) is 7.74. The van der Waals surface area contributed by atoms with Crippen LogP contribution in [0.4, 0.5) is 4.39 Å². The van der Waals surface area contributed by atoms with E-state index in [0.29, 0.717) is 17.3 Å². The quantitative estimate of drug-likeness (QED) is 0.708. The van der Waals surface area contributed by atoms with E-state index in [2.05, 4.69) is 4.98 Å². The van der Waals surface area contributed by atoms with Gasteiger partial charge in [-0.25, -0.2) is 12.8 Å². The Kier molecular flexibility index (Phi) is 4.19. The van der Waals surface area contributed by atoms with Gasteiger partial charge in [0.2, 0.25) is 0 Å². The number of nitrogens with one attached hydrogen (secondary N) is 1. The molecule has 0 aliphatic carbocycles. The zero-order valence-electron chi connectivity index (χ0n) is 13.0. The highest BCUT2D eigenvalue weighted by atomic mass is 35.5. The predicted molar refractivity (Wildman–Crippen MR) is 98.9 cm³/mol. The van der Waals surface area contributed by atoms with Gasteiger partial charge in [-0.15, -0.1) is 11.3 Å². The second-order valence-electron chi connectivity index (χ2n) is 5.79. The number of hydrogen-bond donors (Lipinski definition) is 1. The summed E-state index contributed by atoms with van der Waals surface area (Å²) in [6.45, 7) is 0.668. The molecule has 3 aromatic rings. The van der Waals surface area contributed by atoms with Gasteiger partial charge in [0.25, 0.3) is 10.0 Å². The molecule has 0 amide bonds. The van der Waals surface area contributed by atoms with Crippen LogP contribution in [0.25, 0.3) is 16.5 Å². The van der Waals surface area contributed by atoms with Crippen molar-refractivity contribution in [2.75, 3.05) is 13.1 Å². The van der Waals surface area contributed by atoms with E-state index < -0.39 is 10.0 Å². The van der Waals surface area contributed by atoms with Gasteiger partial charge in [-0.1, -0.05) is 17.7 Å². The average molecular weight is 397 g/mol. The van der Waals surface area contributed by atoms with Crippen molar-refractivity contribution in [3.63, 3.8) is 0 Å². The molecule has 0 atom stereocenters. The third kappa shape index (κ3) is 3.01. The second-order valence-corrected chi connectivity index (χ2v) is 9.67. The molecule has 0 unspecified atom stereocenters. The zero-order valence-corrected chi connectivity index (χ0v) is 15.4. The number of benzene rings is 1. The van der Waals surface area contributed by atoms with Gasteiger partial charge >= 0.3 is 0 Å². The summed E-state index contributed by atoms with van der Waals surface area (Å²) < 4.78 is 41.0. The Morgan fingerprint density at radius 2 is 2.08 bits per heavy atom. The van der Waals surface area contributed by atoms with Crippen molar-refractivity contribution in [3.8, 4) is 0 Å². The highest BCUT2D eigenvalue weighted by Crippen LogP contribution is 2.33. The third-order valence-electron chi connectivity index (χ3n) is 4.30. The first-order valence-electron chi connectivity index (χ1n) is 7.67. The van der Waals surface area contributed by atoms with Crippen LogP contribution in [0.5, 0.6) is 0 Å². The molecule has 4 nitrogen and oxygen atoms in total. The number of nitrogens with zero attached hydrogens (tertiary/aromatic N) is 1. The molecule has 8 heteroatoms. The lowest BCUT2D eigenvalue weighted by atomic mass is 10.00. The summed E-state index contributed by atoms with van der Waals surface area (Å²) in [5, 5.41) is 0.813. The highest BCUT2D eigenvalue weighted by Gasteiger charge is 2.28. The van der Waals surface area contributed by atoms with Crippen molar-refractivity contribution in [3.05, 3.63) is 58.3 Å². The molecule has 0 saturated carbocycles. The molecule has 1 aliphatic rings. The number of H-pyrrole nitrogens is 1. The molecule has 3 heterocycles. The number of aromatic amines is 1. The number of sulfonamides is 1. The van der Waals surface area contributed by atoms with E-state index in [4.69, 9.17) is 11.6 Å². The molecule has 4 rings (SSSR count). The minimum absolute atomic E-state index is 0.253. The topological polar surface area (TPSA) is 53.2 Å².